The van der Waals surface area contributed by atoms with E-state index in [-0.39, 0.29) is 16.7 Å². The van der Waals surface area contributed by atoms with E-state index in [2.05, 4.69) is 194 Å². The monoisotopic (exact) mass is 757 g/mol. The summed E-state index contributed by atoms with van der Waals surface area (Å²) >= 11 is 0. The summed E-state index contributed by atoms with van der Waals surface area (Å²) in [5.74, 6) is 1.35. The predicted molar refractivity (Wildman–Crippen MR) is 247 cm³/mol. The van der Waals surface area contributed by atoms with Crippen molar-refractivity contribution in [2.24, 2.45) is 10.9 Å². The van der Waals surface area contributed by atoms with Gasteiger partial charge in [0.2, 0.25) is 0 Å². The second-order valence-corrected chi connectivity index (χ2v) is 18.9. The van der Waals surface area contributed by atoms with Gasteiger partial charge in [0.25, 0.3) is 0 Å². The molecule has 3 unspecified atom stereocenters. The molecule has 0 N–H and O–H groups in total. The first-order valence-electron chi connectivity index (χ1n) is 21.9. The molecular formula is C57H59N. The van der Waals surface area contributed by atoms with Gasteiger partial charge >= 0.3 is 0 Å². The molecule has 3 aliphatic rings. The number of rotatable bonds is 6. The lowest BCUT2D eigenvalue weighted by molar-refractivity contribution is 0.331. The third-order valence-electron chi connectivity index (χ3n) is 14.4. The molecule has 0 fully saturated rings. The SMILES string of the molecule is CCC1C(c2cccc(-c3cccc(C4Cc5ccccc5-c5cc6c(cc5C4C)C(C)(C)CCC6(C)C)c3)c2)=NC(c2ccccc2)=C(C)C[C@@H]1c1ccccc1. The van der Waals surface area contributed by atoms with Crippen molar-refractivity contribution in [1.82, 2.24) is 0 Å². The summed E-state index contributed by atoms with van der Waals surface area (Å²) in [6.45, 7) is 17.0. The van der Waals surface area contributed by atoms with E-state index in [0.717, 1.165) is 25.0 Å². The van der Waals surface area contributed by atoms with Crippen molar-refractivity contribution in [2.75, 3.05) is 0 Å². The predicted octanol–water partition coefficient (Wildman–Crippen LogP) is 15.2. The molecule has 0 spiro atoms. The third kappa shape index (κ3) is 6.91. The lowest BCUT2D eigenvalue weighted by Crippen LogP contribution is -2.34. The van der Waals surface area contributed by atoms with Crippen molar-refractivity contribution in [3.05, 3.63) is 196 Å². The molecule has 0 bridgehead atoms. The number of fused-ring (bicyclic) bond motifs is 4. The van der Waals surface area contributed by atoms with Crippen LogP contribution in [-0.4, -0.2) is 5.71 Å². The maximum atomic E-state index is 5.66. The Morgan fingerprint density at radius 2 is 1.14 bits per heavy atom. The van der Waals surface area contributed by atoms with E-state index in [9.17, 15) is 0 Å². The quantitative estimate of drug-likeness (QED) is 0.160. The minimum Gasteiger partial charge on any atom is -0.252 e. The van der Waals surface area contributed by atoms with Crippen LogP contribution in [0.2, 0.25) is 0 Å². The van der Waals surface area contributed by atoms with Crippen molar-refractivity contribution in [3.8, 4) is 22.3 Å². The fraction of sp³-hybridized carbons (Fsp3) is 0.316. The van der Waals surface area contributed by atoms with Gasteiger partial charge in [0.05, 0.1) is 11.4 Å². The standard InChI is InChI=1S/C57H59N/c1-8-46-50(39-19-11-9-12-20-39)31-37(2)54(40-21-13-10-14-22-40)58-55(46)45-27-18-25-42(33-45)41-24-17-26-43(32-41)48-34-44-23-15-16-28-47(44)51-36-53-52(35-49(51)38(48)3)56(4,5)29-30-57(53,6)7/h9-28,32-33,35-36,38,46,48,50H,8,29-31,34H2,1-7H3/t38?,46?,48?,50-/m1/s1. The van der Waals surface area contributed by atoms with E-state index in [1.807, 2.05) is 0 Å². The number of allylic oxidation sites excluding steroid dienone is 1. The van der Waals surface area contributed by atoms with Crippen LogP contribution in [0.15, 0.2) is 156 Å². The van der Waals surface area contributed by atoms with Crippen LogP contribution in [0.5, 0.6) is 0 Å². The van der Waals surface area contributed by atoms with Gasteiger partial charge in [-0.3, -0.25) is 4.99 Å². The van der Waals surface area contributed by atoms with Gasteiger partial charge in [-0.05, 0) is 140 Å². The molecule has 1 heteroatoms. The average molecular weight is 758 g/mol. The third-order valence-corrected chi connectivity index (χ3v) is 14.4. The molecule has 1 heterocycles. The van der Waals surface area contributed by atoms with E-state index in [1.165, 1.54) is 79.8 Å². The van der Waals surface area contributed by atoms with Crippen LogP contribution in [-0.2, 0) is 17.3 Å². The molecule has 4 atom stereocenters. The molecule has 58 heavy (non-hydrogen) atoms. The molecule has 6 aromatic rings. The molecule has 292 valence electrons. The van der Waals surface area contributed by atoms with Crippen LogP contribution < -0.4 is 0 Å². The van der Waals surface area contributed by atoms with Gasteiger partial charge in [0, 0.05) is 11.5 Å². The summed E-state index contributed by atoms with van der Waals surface area (Å²) < 4.78 is 0. The number of aliphatic imine (C=N–C) groups is 1. The Labute approximate surface area is 348 Å². The molecular weight excluding hydrogens is 699 g/mol. The molecule has 0 amide bonds. The summed E-state index contributed by atoms with van der Waals surface area (Å²) in [7, 11) is 0. The summed E-state index contributed by atoms with van der Waals surface area (Å²) in [5, 5.41) is 0. The van der Waals surface area contributed by atoms with Gasteiger partial charge in [0.15, 0.2) is 0 Å². The topological polar surface area (TPSA) is 12.4 Å². The molecule has 0 aromatic heterocycles. The first-order chi connectivity index (χ1) is 28.0. The molecule has 0 saturated heterocycles. The highest BCUT2D eigenvalue weighted by Crippen LogP contribution is 2.52. The summed E-state index contributed by atoms with van der Waals surface area (Å²) in [4.78, 5) is 5.66. The molecule has 1 nitrogen and oxygen atoms in total. The van der Waals surface area contributed by atoms with E-state index in [1.54, 1.807) is 11.1 Å². The molecule has 0 radical (unpaired) electrons. The first-order valence-corrected chi connectivity index (χ1v) is 21.9. The Morgan fingerprint density at radius 3 is 1.86 bits per heavy atom. The second-order valence-electron chi connectivity index (χ2n) is 18.9. The zero-order valence-electron chi connectivity index (χ0n) is 35.6. The smallest absolute Gasteiger partial charge is 0.0695 e. The largest absolute Gasteiger partial charge is 0.252 e. The van der Waals surface area contributed by atoms with Crippen LogP contribution in [0.4, 0.5) is 0 Å². The zero-order valence-corrected chi connectivity index (χ0v) is 35.6. The van der Waals surface area contributed by atoms with Crippen LogP contribution >= 0.6 is 0 Å². The van der Waals surface area contributed by atoms with Crippen LogP contribution in [0.1, 0.15) is 136 Å². The fourth-order valence-corrected chi connectivity index (χ4v) is 10.8. The van der Waals surface area contributed by atoms with Crippen molar-refractivity contribution in [3.63, 3.8) is 0 Å². The van der Waals surface area contributed by atoms with Gasteiger partial charge in [0.1, 0.15) is 0 Å². The van der Waals surface area contributed by atoms with Crippen LogP contribution in [0.3, 0.4) is 0 Å². The molecule has 1 aliphatic heterocycles. The normalized spacial score (nSPS) is 22.2. The van der Waals surface area contributed by atoms with Crippen molar-refractivity contribution >= 4 is 11.4 Å². The Bertz CT molecular complexity index is 2530. The van der Waals surface area contributed by atoms with E-state index in [4.69, 9.17) is 4.99 Å². The number of hydrogen-bond donors (Lipinski definition) is 0. The van der Waals surface area contributed by atoms with Crippen LogP contribution in [0.25, 0.3) is 28.0 Å². The average Bonchev–Trinajstić information content (AvgIpc) is 3.48. The lowest BCUT2D eigenvalue weighted by Gasteiger charge is -2.43. The van der Waals surface area contributed by atoms with Gasteiger partial charge in [-0.25, -0.2) is 0 Å². The summed E-state index contributed by atoms with van der Waals surface area (Å²) in [5.41, 5.74) is 20.7. The second kappa shape index (κ2) is 15.2. The minimum absolute atomic E-state index is 0.168. The molecule has 9 rings (SSSR count). The maximum Gasteiger partial charge on any atom is 0.0695 e. The van der Waals surface area contributed by atoms with E-state index in [0.29, 0.717) is 17.8 Å². The highest BCUT2D eigenvalue weighted by Gasteiger charge is 2.40. The Hall–Kier alpha value is -5.27. The zero-order chi connectivity index (χ0) is 40.2. The molecule has 6 aromatic carbocycles. The Balaban J connectivity index is 1.13. The molecule has 0 saturated carbocycles. The van der Waals surface area contributed by atoms with Gasteiger partial charge < -0.3 is 0 Å². The fourth-order valence-electron chi connectivity index (χ4n) is 10.8. The highest BCUT2D eigenvalue weighted by molar-refractivity contribution is 6.07. The van der Waals surface area contributed by atoms with E-state index < -0.39 is 0 Å². The van der Waals surface area contributed by atoms with Gasteiger partial charge in [-0.1, -0.05) is 181 Å². The highest BCUT2D eigenvalue weighted by atomic mass is 14.8. The van der Waals surface area contributed by atoms with Crippen molar-refractivity contribution in [1.29, 1.82) is 0 Å². The van der Waals surface area contributed by atoms with Gasteiger partial charge in [-0.15, -0.1) is 0 Å². The van der Waals surface area contributed by atoms with Crippen molar-refractivity contribution in [2.45, 2.75) is 109 Å². The summed E-state index contributed by atoms with van der Waals surface area (Å²) in [6, 6.07) is 55.2. The lowest BCUT2D eigenvalue weighted by atomic mass is 9.62. The number of benzene rings is 6. The Morgan fingerprint density at radius 1 is 0.552 bits per heavy atom. The number of hydrogen-bond acceptors (Lipinski definition) is 1. The first kappa shape index (κ1) is 38.3. The van der Waals surface area contributed by atoms with E-state index >= 15 is 0 Å². The molecule has 2 aliphatic carbocycles. The maximum absolute atomic E-state index is 5.66. The minimum atomic E-state index is 0.168. The van der Waals surface area contributed by atoms with Crippen LogP contribution in [0, 0.1) is 5.92 Å². The van der Waals surface area contributed by atoms with Crippen molar-refractivity contribution < 1.29 is 0 Å². The Kier molecular flexibility index (Phi) is 10.00. The van der Waals surface area contributed by atoms with Gasteiger partial charge in [-0.2, -0.15) is 0 Å². The summed E-state index contributed by atoms with van der Waals surface area (Å²) in [6.07, 6.45) is 5.49. The number of nitrogens with zero attached hydrogens (tertiary/aromatic N) is 1.